The topological polar surface area (TPSA) is 72.0 Å². The van der Waals surface area contributed by atoms with Gasteiger partial charge in [-0.25, -0.2) is 9.19 Å². The molecule has 1 N–H and O–H groups in total. The number of carbonyl (C=O) groups is 1. The summed E-state index contributed by atoms with van der Waals surface area (Å²) >= 11 is 0. The molecule has 2 aromatic heterocycles. The second kappa shape index (κ2) is 8.12. The predicted molar refractivity (Wildman–Crippen MR) is 104 cm³/mol. The Hall–Kier alpha value is -3.07. The first kappa shape index (κ1) is 20.7. The minimum absolute atomic E-state index is 0.287. The molecule has 5 nitrogen and oxygen atoms in total. The van der Waals surface area contributed by atoms with Gasteiger partial charge in [-0.3, -0.25) is 9.78 Å². The predicted octanol–water partition coefficient (Wildman–Crippen LogP) is 4.64. The van der Waals surface area contributed by atoms with Gasteiger partial charge in [-0.15, -0.1) is 0 Å². The van der Waals surface area contributed by atoms with Crippen LogP contribution >= 0.6 is 0 Å². The number of aryl methyl sites for hydroxylation is 2. The van der Waals surface area contributed by atoms with Crippen molar-refractivity contribution in [3.05, 3.63) is 71.7 Å². The number of halogens is 3. The van der Waals surface area contributed by atoms with Crippen LogP contribution in [-0.4, -0.2) is 25.6 Å². The lowest BCUT2D eigenvalue weighted by Crippen LogP contribution is -2.16. The van der Waals surface area contributed by atoms with E-state index in [0.717, 1.165) is 5.56 Å². The lowest BCUT2D eigenvalue weighted by atomic mass is 10.0. The minimum Gasteiger partial charge on any atom is -0.307 e. The lowest BCUT2D eigenvalue weighted by Gasteiger charge is -2.11. The Bertz CT molecular complexity index is 1080. The van der Waals surface area contributed by atoms with Crippen LogP contribution in [0, 0.1) is 13.8 Å². The first-order chi connectivity index (χ1) is 13.7. The maximum absolute atomic E-state index is 12.8. The lowest BCUT2D eigenvalue weighted by molar-refractivity contribution is -0.0384. The molecule has 29 heavy (non-hydrogen) atoms. The highest BCUT2D eigenvalue weighted by atomic mass is 32.2. The van der Waals surface area contributed by atoms with Crippen molar-refractivity contribution in [2.45, 2.75) is 24.3 Å². The average Bonchev–Trinajstić information content (AvgIpc) is 2.68. The van der Waals surface area contributed by atoms with Crippen LogP contribution in [0.25, 0.3) is 11.1 Å². The average molecular weight is 419 g/mol. The molecule has 1 unspecified atom stereocenters. The molecule has 0 spiro atoms. The van der Waals surface area contributed by atoms with Gasteiger partial charge in [-0.1, -0.05) is 6.07 Å². The summed E-state index contributed by atoms with van der Waals surface area (Å²) in [5.41, 5.74) is -1.93. The third kappa shape index (κ3) is 4.68. The first-order valence-corrected chi connectivity index (χ1v) is 9.59. The molecule has 0 radical (unpaired) electrons. The number of benzene rings is 1. The van der Waals surface area contributed by atoms with Crippen molar-refractivity contribution in [2.24, 2.45) is 0 Å². The molecule has 3 aromatic rings. The van der Waals surface area contributed by atoms with Crippen molar-refractivity contribution in [3.8, 4) is 11.1 Å². The molecule has 0 aliphatic carbocycles. The number of carbonyl (C=O) groups excluding carboxylic acids is 1. The van der Waals surface area contributed by atoms with Gasteiger partial charge in [-0.05, 0) is 60.9 Å². The zero-order chi connectivity index (χ0) is 21.2. The van der Waals surface area contributed by atoms with E-state index >= 15 is 0 Å². The van der Waals surface area contributed by atoms with Crippen molar-refractivity contribution in [2.75, 3.05) is 5.32 Å². The number of alkyl halides is 3. The third-order valence-corrected chi connectivity index (χ3v) is 5.34. The molecule has 0 aliphatic heterocycles. The highest BCUT2D eigenvalue weighted by Gasteiger charge is 2.38. The highest BCUT2D eigenvalue weighted by molar-refractivity contribution is 7.86. The van der Waals surface area contributed by atoms with E-state index in [0.29, 0.717) is 22.3 Å². The monoisotopic (exact) mass is 419 g/mol. The third-order valence-electron chi connectivity index (χ3n) is 4.23. The van der Waals surface area contributed by atoms with Crippen LogP contribution < -0.4 is 5.32 Å². The quantitative estimate of drug-likeness (QED) is 0.669. The Labute approximate surface area is 167 Å². The normalized spacial score (nSPS) is 12.4. The molecule has 3 rings (SSSR count). The Morgan fingerprint density at radius 1 is 1.03 bits per heavy atom. The molecule has 0 saturated carbocycles. The zero-order valence-electron chi connectivity index (χ0n) is 15.4. The molecule has 2 heterocycles. The smallest absolute Gasteiger partial charge is 0.307 e. The van der Waals surface area contributed by atoms with Crippen LogP contribution in [0.3, 0.4) is 0 Å². The molecular formula is C20H16F3N3O2S. The Kier molecular flexibility index (Phi) is 5.78. The molecule has 0 saturated heterocycles. The number of rotatable bonds is 4. The van der Waals surface area contributed by atoms with Gasteiger partial charge in [0.25, 0.3) is 5.91 Å². The number of hydrogen-bond acceptors (Lipinski definition) is 4. The minimum atomic E-state index is -4.83. The fourth-order valence-corrected chi connectivity index (χ4v) is 3.36. The van der Waals surface area contributed by atoms with E-state index in [1.54, 1.807) is 38.2 Å². The van der Waals surface area contributed by atoms with Gasteiger partial charge in [0.2, 0.25) is 0 Å². The van der Waals surface area contributed by atoms with E-state index in [2.05, 4.69) is 15.3 Å². The van der Waals surface area contributed by atoms with Crippen molar-refractivity contribution >= 4 is 22.5 Å². The number of hydrogen-bond donors (Lipinski definition) is 1. The summed E-state index contributed by atoms with van der Waals surface area (Å²) in [4.78, 5) is 20.1. The number of anilines is 1. The molecule has 1 aromatic carbocycles. The summed E-state index contributed by atoms with van der Waals surface area (Å²) in [5, 5.41) is 2.65. The van der Waals surface area contributed by atoms with Crippen LogP contribution in [-0.2, 0) is 10.8 Å². The fourth-order valence-electron chi connectivity index (χ4n) is 2.67. The number of aromatic nitrogens is 2. The largest absolute Gasteiger partial charge is 0.475 e. The molecule has 1 amide bonds. The van der Waals surface area contributed by atoms with Crippen molar-refractivity contribution in [1.29, 1.82) is 0 Å². The maximum Gasteiger partial charge on any atom is 0.475 e. The van der Waals surface area contributed by atoms with Gasteiger partial charge >= 0.3 is 5.51 Å². The van der Waals surface area contributed by atoms with E-state index in [9.17, 15) is 22.2 Å². The molecule has 9 heteroatoms. The molecule has 0 bridgehead atoms. The van der Waals surface area contributed by atoms with E-state index in [1.807, 2.05) is 0 Å². The summed E-state index contributed by atoms with van der Waals surface area (Å²) in [7, 11) is -3.11. The number of nitrogens with zero attached hydrogens (tertiary/aromatic N) is 2. The van der Waals surface area contributed by atoms with Gasteiger partial charge in [-0.2, -0.15) is 13.2 Å². The Morgan fingerprint density at radius 3 is 2.41 bits per heavy atom. The molecule has 0 fully saturated rings. The van der Waals surface area contributed by atoms with Crippen LogP contribution in [0.4, 0.5) is 19.0 Å². The summed E-state index contributed by atoms with van der Waals surface area (Å²) in [5.74, 6) is -0.0794. The van der Waals surface area contributed by atoms with Gasteiger partial charge in [0, 0.05) is 29.0 Å². The molecule has 1 atom stereocenters. The second-order valence-electron chi connectivity index (χ2n) is 6.27. The van der Waals surface area contributed by atoms with Gasteiger partial charge < -0.3 is 5.32 Å². The number of amides is 1. The Balaban J connectivity index is 1.84. The number of nitrogens with one attached hydrogen (secondary N) is 1. The fraction of sp³-hybridized carbons (Fsp3) is 0.150. The molecule has 150 valence electrons. The van der Waals surface area contributed by atoms with E-state index in [1.165, 1.54) is 30.6 Å². The van der Waals surface area contributed by atoms with E-state index in [4.69, 9.17) is 0 Å². The standard InChI is InChI=1S/C20H16F3N3O2S/c1-12-3-5-15(29(28)20(21,22)23)9-16(12)14-4-6-18(25-10-14)26-19(27)17-11-24-8-7-13(17)2/h3-11H,1-2H3,(H,25,26,27). The van der Waals surface area contributed by atoms with Gasteiger partial charge in [0.1, 0.15) is 5.82 Å². The molecular weight excluding hydrogens is 403 g/mol. The maximum atomic E-state index is 12.8. The summed E-state index contributed by atoms with van der Waals surface area (Å²) < 4.78 is 49.9. The highest BCUT2D eigenvalue weighted by Crippen LogP contribution is 2.31. The van der Waals surface area contributed by atoms with Crippen molar-refractivity contribution in [3.63, 3.8) is 0 Å². The van der Waals surface area contributed by atoms with Gasteiger partial charge in [0.05, 0.1) is 5.56 Å². The van der Waals surface area contributed by atoms with Crippen LogP contribution in [0.5, 0.6) is 0 Å². The Morgan fingerprint density at radius 2 is 1.79 bits per heavy atom. The van der Waals surface area contributed by atoms with E-state index in [-0.39, 0.29) is 16.6 Å². The van der Waals surface area contributed by atoms with Crippen LogP contribution in [0.15, 0.2) is 59.9 Å². The van der Waals surface area contributed by atoms with Crippen molar-refractivity contribution in [1.82, 2.24) is 9.97 Å². The first-order valence-electron chi connectivity index (χ1n) is 8.44. The van der Waals surface area contributed by atoms with Crippen LogP contribution in [0.1, 0.15) is 21.5 Å². The second-order valence-corrected chi connectivity index (χ2v) is 7.74. The molecule has 0 aliphatic rings. The zero-order valence-corrected chi connectivity index (χ0v) is 16.3. The van der Waals surface area contributed by atoms with Crippen molar-refractivity contribution < 1.29 is 22.2 Å². The SMILES string of the molecule is Cc1ccncc1C(=O)Nc1ccc(-c2cc(S(=O)C(F)(F)F)ccc2C)cn1. The summed E-state index contributed by atoms with van der Waals surface area (Å²) in [6, 6.07) is 8.81. The summed E-state index contributed by atoms with van der Waals surface area (Å²) in [6.45, 7) is 3.52. The van der Waals surface area contributed by atoms with Crippen LogP contribution in [0.2, 0.25) is 0 Å². The van der Waals surface area contributed by atoms with Gasteiger partial charge in [0.15, 0.2) is 10.8 Å². The number of pyridine rings is 2. The van der Waals surface area contributed by atoms with E-state index < -0.39 is 16.3 Å². The summed E-state index contributed by atoms with van der Waals surface area (Å²) in [6.07, 6.45) is 4.48.